The van der Waals surface area contributed by atoms with Gasteiger partial charge in [0.2, 0.25) is 0 Å². The van der Waals surface area contributed by atoms with Gasteiger partial charge in [0.15, 0.2) is 0 Å². The van der Waals surface area contributed by atoms with Gasteiger partial charge in [0.05, 0.1) is 35.0 Å². The van der Waals surface area contributed by atoms with Gasteiger partial charge in [0.1, 0.15) is 5.75 Å². The molecule has 0 spiro atoms. The number of anilines is 3. The number of aromatic amines is 1. The Labute approximate surface area is 185 Å². The molecule has 33 heavy (non-hydrogen) atoms. The maximum atomic E-state index is 12.6. The molecule has 9 heteroatoms. The molecule has 0 atom stereocenters. The molecule has 0 bridgehead atoms. The number of carbonyl (C=O) groups is 1. The third-order valence-corrected chi connectivity index (χ3v) is 5.31. The zero-order valence-electron chi connectivity index (χ0n) is 17.2. The number of amides is 1. The van der Waals surface area contributed by atoms with Gasteiger partial charge in [0, 0.05) is 28.0 Å². The number of methoxy groups -OCH3 is 1. The first-order valence-corrected chi connectivity index (χ1v) is 9.97. The summed E-state index contributed by atoms with van der Waals surface area (Å²) in [6.45, 7) is 0. The molecule has 1 amide bonds. The number of pyridine rings is 1. The fourth-order valence-corrected chi connectivity index (χ4v) is 3.80. The summed E-state index contributed by atoms with van der Waals surface area (Å²) >= 11 is 0. The summed E-state index contributed by atoms with van der Waals surface area (Å²) in [6.07, 6.45) is -4.98. The van der Waals surface area contributed by atoms with Gasteiger partial charge in [0.25, 0.3) is 0 Å². The minimum absolute atomic E-state index is 0.0323. The Balaban J connectivity index is 1.63. The first-order valence-electron chi connectivity index (χ1n) is 9.97. The number of nitrogens with one attached hydrogen (secondary N) is 3. The summed E-state index contributed by atoms with van der Waals surface area (Å²) in [7, 11) is 1.40. The molecule has 0 saturated carbocycles. The third kappa shape index (κ3) is 3.67. The number of fused-ring (bicyclic) bond motifs is 4. The molecule has 5 aromatic rings. The first-order chi connectivity index (χ1) is 15.8. The molecule has 0 fully saturated rings. The van der Waals surface area contributed by atoms with Crippen LogP contribution in [0.2, 0.25) is 0 Å². The number of halogens is 3. The number of hydrogen-bond acceptors (Lipinski definition) is 4. The molecular weight excluding hydrogens is 433 g/mol. The molecule has 0 unspecified atom stereocenters. The number of H-pyrrole nitrogens is 1. The van der Waals surface area contributed by atoms with E-state index < -0.39 is 12.1 Å². The molecule has 0 aliphatic carbocycles. The molecule has 0 aliphatic rings. The molecule has 5 rings (SSSR count). The first kappa shape index (κ1) is 20.6. The van der Waals surface area contributed by atoms with E-state index in [2.05, 4.69) is 10.3 Å². The highest BCUT2D eigenvalue weighted by molar-refractivity contribution is 6.16. The second-order valence-corrected chi connectivity index (χ2v) is 7.39. The van der Waals surface area contributed by atoms with Crippen LogP contribution in [0.1, 0.15) is 0 Å². The largest absolute Gasteiger partial charge is 0.494 e. The average molecular weight is 450 g/mol. The Bertz CT molecular complexity index is 1530. The van der Waals surface area contributed by atoms with Gasteiger partial charge in [-0.25, -0.2) is 4.98 Å². The third-order valence-electron chi connectivity index (χ3n) is 5.31. The van der Waals surface area contributed by atoms with E-state index in [0.29, 0.717) is 5.69 Å². The normalized spacial score (nSPS) is 11.8. The fraction of sp³-hybridized carbons (Fsp3) is 0.0833. The van der Waals surface area contributed by atoms with E-state index in [1.54, 1.807) is 6.07 Å². The van der Waals surface area contributed by atoms with Crippen LogP contribution in [0.3, 0.4) is 0 Å². The van der Waals surface area contributed by atoms with Crippen LogP contribution >= 0.6 is 0 Å². The zero-order chi connectivity index (χ0) is 23.2. The van der Waals surface area contributed by atoms with Crippen LogP contribution in [0.4, 0.5) is 30.2 Å². The van der Waals surface area contributed by atoms with Gasteiger partial charge < -0.3 is 20.4 Å². The molecule has 0 aliphatic heterocycles. The van der Waals surface area contributed by atoms with Gasteiger partial charge in [-0.15, -0.1) is 0 Å². The van der Waals surface area contributed by atoms with Crippen molar-refractivity contribution in [3.63, 3.8) is 0 Å². The van der Waals surface area contributed by atoms with Crippen molar-refractivity contribution in [1.29, 1.82) is 0 Å². The van der Waals surface area contributed by atoms with E-state index in [4.69, 9.17) is 9.72 Å². The lowest BCUT2D eigenvalue weighted by Crippen LogP contribution is -2.29. The van der Waals surface area contributed by atoms with Crippen LogP contribution in [0.5, 0.6) is 5.75 Å². The fourth-order valence-electron chi connectivity index (χ4n) is 3.80. The number of alkyl halides is 3. The highest BCUT2D eigenvalue weighted by Gasteiger charge is 2.38. The van der Waals surface area contributed by atoms with Crippen LogP contribution in [-0.2, 0) is 4.79 Å². The maximum Gasteiger partial charge on any atom is 0.471 e. The lowest BCUT2D eigenvalue weighted by Gasteiger charge is -2.16. The van der Waals surface area contributed by atoms with Crippen LogP contribution in [0.25, 0.3) is 32.8 Å². The topological polar surface area (TPSA) is 79.0 Å². The molecule has 0 radical (unpaired) electrons. The van der Waals surface area contributed by atoms with Crippen molar-refractivity contribution in [3.8, 4) is 5.75 Å². The van der Waals surface area contributed by atoms with E-state index >= 15 is 0 Å². The van der Waals surface area contributed by atoms with E-state index in [9.17, 15) is 18.0 Å². The number of ether oxygens (including phenoxy) is 1. The summed E-state index contributed by atoms with van der Waals surface area (Å²) in [5.74, 6) is -1.79. The lowest BCUT2D eigenvalue weighted by atomic mass is 10.1. The van der Waals surface area contributed by atoms with Crippen molar-refractivity contribution >= 4 is 55.8 Å². The summed E-state index contributed by atoms with van der Waals surface area (Å²) in [5.41, 5.74) is 4.51. The average Bonchev–Trinajstić information content (AvgIpc) is 3.17. The summed E-state index contributed by atoms with van der Waals surface area (Å²) in [6, 6.07) is 19.7. The highest BCUT2D eigenvalue weighted by Crippen LogP contribution is 2.39. The van der Waals surface area contributed by atoms with Crippen molar-refractivity contribution in [2.75, 3.05) is 17.7 Å². The number of carbonyl (C=O) groups excluding carboxylic acids is 1. The van der Waals surface area contributed by atoms with E-state index in [1.807, 2.05) is 53.8 Å². The second-order valence-electron chi connectivity index (χ2n) is 7.39. The monoisotopic (exact) mass is 450 g/mol. The number of para-hydroxylation sites is 2. The van der Waals surface area contributed by atoms with Crippen molar-refractivity contribution in [2.24, 2.45) is 0 Å². The maximum absolute atomic E-state index is 12.6. The van der Waals surface area contributed by atoms with E-state index in [0.717, 1.165) is 38.5 Å². The van der Waals surface area contributed by atoms with Crippen LogP contribution in [-0.4, -0.2) is 29.2 Å². The van der Waals surface area contributed by atoms with Crippen LogP contribution < -0.4 is 15.4 Å². The molecule has 3 aromatic carbocycles. The zero-order valence-corrected chi connectivity index (χ0v) is 17.2. The molecular formula is C24H17F3N4O2. The smallest absolute Gasteiger partial charge is 0.471 e. The van der Waals surface area contributed by atoms with E-state index in [-0.39, 0.29) is 11.4 Å². The van der Waals surface area contributed by atoms with Crippen molar-refractivity contribution in [1.82, 2.24) is 9.97 Å². The SMILES string of the molecule is COc1cc(NC(=O)C(F)(F)F)ccc1Nc1c2ccccc2nc2c1[nH]c1ccccc12. The molecule has 6 nitrogen and oxygen atoms in total. The minimum Gasteiger partial charge on any atom is -0.494 e. The Hall–Kier alpha value is -4.27. The molecule has 166 valence electrons. The highest BCUT2D eigenvalue weighted by atomic mass is 19.4. The second kappa shape index (κ2) is 7.70. The molecule has 0 saturated heterocycles. The Morgan fingerprint density at radius 3 is 2.48 bits per heavy atom. The number of benzene rings is 3. The number of hydrogen-bond donors (Lipinski definition) is 3. The predicted octanol–water partition coefficient (Wildman–Crippen LogP) is 6.12. The van der Waals surface area contributed by atoms with Gasteiger partial charge in [-0.1, -0.05) is 36.4 Å². The van der Waals surface area contributed by atoms with Gasteiger partial charge in [-0.2, -0.15) is 13.2 Å². The number of aromatic nitrogens is 2. The molecule has 2 heterocycles. The lowest BCUT2D eigenvalue weighted by molar-refractivity contribution is -0.167. The molecule has 3 N–H and O–H groups in total. The summed E-state index contributed by atoms with van der Waals surface area (Å²) in [5, 5.41) is 7.01. The minimum atomic E-state index is -4.98. The van der Waals surface area contributed by atoms with Crippen molar-refractivity contribution < 1.29 is 22.7 Å². The Morgan fingerprint density at radius 2 is 1.73 bits per heavy atom. The van der Waals surface area contributed by atoms with E-state index in [1.165, 1.54) is 19.2 Å². The van der Waals surface area contributed by atoms with Gasteiger partial charge >= 0.3 is 12.1 Å². The number of nitrogens with zero attached hydrogens (tertiary/aromatic N) is 1. The van der Waals surface area contributed by atoms with Crippen molar-refractivity contribution in [2.45, 2.75) is 6.18 Å². The quantitative estimate of drug-likeness (QED) is 0.308. The number of rotatable bonds is 4. The Morgan fingerprint density at radius 1 is 1.00 bits per heavy atom. The summed E-state index contributed by atoms with van der Waals surface area (Å²) in [4.78, 5) is 19.5. The molecule has 2 aromatic heterocycles. The van der Waals surface area contributed by atoms with Crippen LogP contribution in [0.15, 0.2) is 66.7 Å². The van der Waals surface area contributed by atoms with Gasteiger partial charge in [-0.3, -0.25) is 4.79 Å². The van der Waals surface area contributed by atoms with Gasteiger partial charge in [-0.05, 0) is 24.3 Å². The summed E-state index contributed by atoms with van der Waals surface area (Å²) < 4.78 is 43.2. The predicted molar refractivity (Wildman–Crippen MR) is 122 cm³/mol. The Kier molecular flexibility index (Phi) is 4.81. The standard InChI is InChI=1S/C24H17F3N4O2/c1-33-19-12-13(28-23(32)24(25,26)27)10-11-18(19)31-21-14-6-2-4-8-16(14)29-20-15-7-3-5-9-17(15)30-22(20)21/h2-12,30H,1H3,(H,28,32)(H,29,31). The van der Waals surface area contributed by atoms with Crippen LogP contribution in [0, 0.1) is 0 Å². The van der Waals surface area contributed by atoms with Crippen molar-refractivity contribution in [3.05, 3.63) is 66.7 Å².